The Morgan fingerprint density at radius 3 is 2.72 bits per heavy atom. The van der Waals surface area contributed by atoms with Crippen LogP contribution in [-0.4, -0.2) is 39.8 Å². The molecule has 0 aliphatic heterocycles. The van der Waals surface area contributed by atoms with Gasteiger partial charge in [-0.25, -0.2) is 4.68 Å². The highest BCUT2D eigenvalue weighted by Gasteiger charge is 2.05. The van der Waals surface area contributed by atoms with Crippen molar-refractivity contribution in [3.63, 3.8) is 0 Å². The number of nitrogens with zero attached hydrogens (tertiary/aromatic N) is 4. The van der Waals surface area contributed by atoms with Gasteiger partial charge < -0.3 is 14.8 Å². The Morgan fingerprint density at radius 2 is 2.00 bits per heavy atom. The fourth-order valence-corrected chi connectivity index (χ4v) is 2.14. The van der Waals surface area contributed by atoms with Crippen LogP contribution in [0.5, 0.6) is 11.5 Å². The third-order valence-electron chi connectivity index (χ3n) is 3.45. The van der Waals surface area contributed by atoms with Crippen molar-refractivity contribution in [3.8, 4) is 17.2 Å². The second-order valence-electron chi connectivity index (χ2n) is 5.17. The molecule has 0 atom stereocenters. The van der Waals surface area contributed by atoms with Crippen LogP contribution in [0.4, 0.5) is 0 Å². The van der Waals surface area contributed by atoms with E-state index in [2.05, 4.69) is 20.8 Å². The van der Waals surface area contributed by atoms with Crippen LogP contribution in [-0.2, 0) is 11.3 Å². The molecular formula is C17H17N5O3. The Morgan fingerprint density at radius 1 is 1.16 bits per heavy atom. The number of carbonyl (C=O) groups is 1. The molecule has 8 heteroatoms. The third kappa shape index (κ3) is 4.54. The third-order valence-corrected chi connectivity index (χ3v) is 3.45. The first-order valence-corrected chi connectivity index (χ1v) is 7.60. The van der Waals surface area contributed by atoms with Crippen molar-refractivity contribution in [3.05, 3.63) is 60.4 Å². The number of benzene rings is 2. The first kappa shape index (κ1) is 16.4. The van der Waals surface area contributed by atoms with Crippen molar-refractivity contribution in [2.24, 2.45) is 0 Å². The molecule has 0 bridgehead atoms. The normalized spacial score (nSPS) is 10.3. The second kappa shape index (κ2) is 7.91. The van der Waals surface area contributed by atoms with Gasteiger partial charge in [-0.3, -0.25) is 4.79 Å². The molecule has 0 fully saturated rings. The fourth-order valence-electron chi connectivity index (χ4n) is 2.14. The first-order chi connectivity index (χ1) is 12.2. The topological polar surface area (TPSA) is 91.2 Å². The van der Waals surface area contributed by atoms with Gasteiger partial charge in [0.15, 0.2) is 6.61 Å². The summed E-state index contributed by atoms with van der Waals surface area (Å²) < 4.78 is 12.1. The number of nitrogens with one attached hydrogen (secondary N) is 1. The molecule has 3 aromatic rings. The molecule has 2 aromatic carbocycles. The summed E-state index contributed by atoms with van der Waals surface area (Å²) in [6, 6.07) is 14.7. The number of tetrazole rings is 1. The molecule has 1 aromatic heterocycles. The molecule has 1 amide bonds. The highest BCUT2D eigenvalue weighted by Crippen LogP contribution is 2.15. The molecule has 0 radical (unpaired) electrons. The van der Waals surface area contributed by atoms with Crippen LogP contribution in [0.3, 0.4) is 0 Å². The molecule has 1 heterocycles. The molecule has 3 rings (SSSR count). The predicted molar refractivity (Wildman–Crippen MR) is 89.5 cm³/mol. The summed E-state index contributed by atoms with van der Waals surface area (Å²) in [7, 11) is 1.61. The molecule has 128 valence electrons. The molecule has 0 saturated heterocycles. The maximum absolute atomic E-state index is 11.9. The van der Waals surface area contributed by atoms with E-state index in [1.807, 2.05) is 36.4 Å². The van der Waals surface area contributed by atoms with E-state index in [-0.39, 0.29) is 12.5 Å². The van der Waals surface area contributed by atoms with Gasteiger partial charge in [0.1, 0.15) is 17.8 Å². The summed E-state index contributed by atoms with van der Waals surface area (Å²) in [6.45, 7) is 0.353. The smallest absolute Gasteiger partial charge is 0.258 e. The zero-order valence-electron chi connectivity index (χ0n) is 13.6. The number of ether oxygens (including phenoxy) is 2. The van der Waals surface area contributed by atoms with Gasteiger partial charge in [-0.15, -0.1) is 5.10 Å². The zero-order chi connectivity index (χ0) is 17.5. The Hall–Kier alpha value is -3.42. The number of carbonyl (C=O) groups excluding carboxylic acids is 1. The van der Waals surface area contributed by atoms with Gasteiger partial charge in [-0.2, -0.15) is 0 Å². The Bertz CT molecular complexity index is 819. The SMILES string of the molecule is COc1ccc(CNC(=O)COc2cccc(-n3cnnn3)c2)cc1. The van der Waals surface area contributed by atoms with Gasteiger partial charge >= 0.3 is 0 Å². The number of amides is 1. The lowest BCUT2D eigenvalue weighted by Gasteiger charge is -2.09. The van der Waals surface area contributed by atoms with E-state index in [1.165, 1.54) is 11.0 Å². The molecule has 0 aliphatic carbocycles. The van der Waals surface area contributed by atoms with Crippen molar-refractivity contribution in [2.45, 2.75) is 6.54 Å². The lowest BCUT2D eigenvalue weighted by Crippen LogP contribution is -2.28. The maximum atomic E-state index is 11.9. The largest absolute Gasteiger partial charge is 0.497 e. The van der Waals surface area contributed by atoms with Gasteiger partial charge in [0.05, 0.1) is 12.8 Å². The predicted octanol–water partition coefficient (Wildman–Crippen LogP) is 1.37. The lowest BCUT2D eigenvalue weighted by atomic mass is 10.2. The van der Waals surface area contributed by atoms with E-state index >= 15 is 0 Å². The van der Waals surface area contributed by atoms with Gasteiger partial charge in [0, 0.05) is 12.6 Å². The van der Waals surface area contributed by atoms with Crippen LogP contribution >= 0.6 is 0 Å². The molecular weight excluding hydrogens is 322 g/mol. The molecule has 0 saturated carbocycles. The summed E-state index contributed by atoms with van der Waals surface area (Å²) >= 11 is 0. The van der Waals surface area contributed by atoms with Crippen LogP contribution in [0.2, 0.25) is 0 Å². The van der Waals surface area contributed by atoms with E-state index in [0.717, 1.165) is 17.0 Å². The van der Waals surface area contributed by atoms with Crippen molar-refractivity contribution in [1.29, 1.82) is 0 Å². The van der Waals surface area contributed by atoms with Gasteiger partial charge in [0.25, 0.3) is 5.91 Å². The molecule has 1 N–H and O–H groups in total. The zero-order valence-corrected chi connectivity index (χ0v) is 13.6. The fraction of sp³-hybridized carbons (Fsp3) is 0.176. The molecule has 0 spiro atoms. The van der Waals surface area contributed by atoms with E-state index < -0.39 is 0 Å². The maximum Gasteiger partial charge on any atom is 0.258 e. The van der Waals surface area contributed by atoms with Gasteiger partial charge in [-0.05, 0) is 40.3 Å². The van der Waals surface area contributed by atoms with Gasteiger partial charge in [-0.1, -0.05) is 18.2 Å². The highest BCUT2D eigenvalue weighted by atomic mass is 16.5. The van der Waals surface area contributed by atoms with Crippen molar-refractivity contribution >= 4 is 5.91 Å². The summed E-state index contributed by atoms with van der Waals surface area (Å²) in [4.78, 5) is 11.9. The Kier molecular flexibility index (Phi) is 5.20. The minimum Gasteiger partial charge on any atom is -0.497 e. The van der Waals surface area contributed by atoms with Crippen molar-refractivity contribution in [2.75, 3.05) is 13.7 Å². The average Bonchev–Trinajstić information content (AvgIpc) is 3.20. The Balaban J connectivity index is 1.49. The van der Waals surface area contributed by atoms with Crippen LogP contribution < -0.4 is 14.8 Å². The number of aromatic nitrogens is 4. The van der Waals surface area contributed by atoms with Crippen LogP contribution in [0, 0.1) is 0 Å². The number of methoxy groups -OCH3 is 1. The molecule has 8 nitrogen and oxygen atoms in total. The number of rotatable bonds is 7. The lowest BCUT2D eigenvalue weighted by molar-refractivity contribution is -0.123. The molecule has 25 heavy (non-hydrogen) atoms. The quantitative estimate of drug-likeness (QED) is 0.699. The van der Waals surface area contributed by atoms with Gasteiger partial charge in [0.2, 0.25) is 0 Å². The molecule has 0 unspecified atom stereocenters. The van der Waals surface area contributed by atoms with E-state index in [0.29, 0.717) is 12.3 Å². The van der Waals surface area contributed by atoms with Crippen LogP contribution in [0.25, 0.3) is 5.69 Å². The standard InChI is InChI=1S/C17H17N5O3/c1-24-15-7-5-13(6-8-15)10-18-17(23)11-25-16-4-2-3-14(9-16)22-12-19-20-21-22/h2-9,12H,10-11H2,1H3,(H,18,23). The van der Waals surface area contributed by atoms with E-state index in [4.69, 9.17) is 9.47 Å². The van der Waals surface area contributed by atoms with Crippen molar-refractivity contribution in [1.82, 2.24) is 25.5 Å². The average molecular weight is 339 g/mol. The van der Waals surface area contributed by atoms with E-state index in [9.17, 15) is 4.79 Å². The monoisotopic (exact) mass is 339 g/mol. The minimum atomic E-state index is -0.205. The summed E-state index contributed by atoms with van der Waals surface area (Å²) in [5.74, 6) is 1.14. The van der Waals surface area contributed by atoms with Crippen molar-refractivity contribution < 1.29 is 14.3 Å². The summed E-state index contributed by atoms with van der Waals surface area (Å²) in [5.41, 5.74) is 1.73. The first-order valence-electron chi connectivity index (χ1n) is 7.60. The van der Waals surface area contributed by atoms with E-state index in [1.54, 1.807) is 19.2 Å². The number of hydrogen-bond acceptors (Lipinski definition) is 6. The second-order valence-corrected chi connectivity index (χ2v) is 5.17. The number of hydrogen-bond donors (Lipinski definition) is 1. The summed E-state index contributed by atoms with van der Waals surface area (Å²) in [6.07, 6.45) is 1.49. The summed E-state index contributed by atoms with van der Waals surface area (Å²) in [5, 5.41) is 13.8. The minimum absolute atomic E-state index is 0.0742. The Labute approximate surface area is 144 Å². The molecule has 0 aliphatic rings. The van der Waals surface area contributed by atoms with Crippen LogP contribution in [0.15, 0.2) is 54.9 Å². The van der Waals surface area contributed by atoms with Crippen LogP contribution in [0.1, 0.15) is 5.56 Å². The highest BCUT2D eigenvalue weighted by molar-refractivity contribution is 5.77.